The van der Waals surface area contributed by atoms with Crippen LogP contribution in [-0.4, -0.2) is 36.5 Å². The van der Waals surface area contributed by atoms with Crippen molar-refractivity contribution in [3.8, 4) is 0 Å². The summed E-state index contributed by atoms with van der Waals surface area (Å²) in [6, 6.07) is 3.10. The monoisotopic (exact) mass is 268 g/mol. The predicted octanol–water partition coefficient (Wildman–Crippen LogP) is 2.18. The second kappa shape index (κ2) is 6.10. The molecule has 5 heteroatoms. The first-order valence-corrected chi connectivity index (χ1v) is 6.55. The fourth-order valence-corrected chi connectivity index (χ4v) is 2.32. The van der Waals surface area contributed by atoms with Gasteiger partial charge in [0.05, 0.1) is 5.56 Å². The maximum atomic E-state index is 13.4. The number of hydrogen-bond acceptors (Lipinski definition) is 2. The van der Waals surface area contributed by atoms with Crippen LogP contribution in [0.15, 0.2) is 18.2 Å². The van der Waals surface area contributed by atoms with Gasteiger partial charge in [0, 0.05) is 12.6 Å². The Morgan fingerprint density at radius 1 is 1.37 bits per heavy atom. The number of nitrogens with zero attached hydrogens (tertiary/aromatic N) is 1. The van der Waals surface area contributed by atoms with E-state index in [0.29, 0.717) is 6.54 Å². The molecule has 1 fully saturated rings. The third-order valence-electron chi connectivity index (χ3n) is 3.50. The van der Waals surface area contributed by atoms with Gasteiger partial charge < -0.3 is 5.32 Å². The van der Waals surface area contributed by atoms with Crippen LogP contribution in [0.5, 0.6) is 0 Å². The van der Waals surface area contributed by atoms with Gasteiger partial charge in [0.25, 0.3) is 5.91 Å². The Bertz CT molecular complexity index is 459. The molecule has 1 heterocycles. The summed E-state index contributed by atoms with van der Waals surface area (Å²) in [5, 5.41) is 2.66. The Morgan fingerprint density at radius 3 is 2.74 bits per heavy atom. The maximum Gasteiger partial charge on any atom is 0.254 e. The van der Waals surface area contributed by atoms with Crippen molar-refractivity contribution < 1.29 is 13.6 Å². The molecule has 0 bridgehead atoms. The zero-order chi connectivity index (χ0) is 13.8. The van der Waals surface area contributed by atoms with Crippen LogP contribution in [0.25, 0.3) is 0 Å². The molecular formula is C14H18F2N2O. The number of carbonyl (C=O) groups is 1. The van der Waals surface area contributed by atoms with Gasteiger partial charge in [0.2, 0.25) is 0 Å². The zero-order valence-corrected chi connectivity index (χ0v) is 11.0. The third kappa shape index (κ3) is 3.50. The highest BCUT2D eigenvalue weighted by atomic mass is 19.1. The highest BCUT2D eigenvalue weighted by Gasteiger charge is 2.19. The van der Waals surface area contributed by atoms with Crippen molar-refractivity contribution in [2.24, 2.45) is 0 Å². The summed E-state index contributed by atoms with van der Waals surface area (Å²) in [4.78, 5) is 14.1. The Balaban J connectivity index is 1.91. The fourth-order valence-electron chi connectivity index (χ4n) is 2.32. The Morgan fingerprint density at radius 2 is 2.05 bits per heavy atom. The number of rotatable bonds is 4. The standard InChI is InChI=1S/C14H18F2N2O/c1-10(18-6-2-3-7-18)9-17-14(19)12-8-11(15)4-5-13(12)16/h4-5,8,10H,2-3,6-7,9H2,1H3,(H,17,19)/t10-/m0/s1. The van der Waals surface area contributed by atoms with E-state index in [0.717, 1.165) is 31.3 Å². The van der Waals surface area contributed by atoms with Crippen LogP contribution < -0.4 is 5.32 Å². The van der Waals surface area contributed by atoms with E-state index in [1.807, 2.05) is 6.92 Å². The molecular weight excluding hydrogens is 250 g/mol. The van der Waals surface area contributed by atoms with Gasteiger partial charge in [0.1, 0.15) is 11.6 Å². The molecule has 104 valence electrons. The summed E-state index contributed by atoms with van der Waals surface area (Å²) in [5.41, 5.74) is -0.242. The normalized spacial score (nSPS) is 17.4. The minimum atomic E-state index is -0.701. The topological polar surface area (TPSA) is 32.3 Å². The molecule has 2 rings (SSSR count). The van der Waals surface area contributed by atoms with Crippen LogP contribution in [-0.2, 0) is 0 Å². The Kier molecular flexibility index (Phi) is 4.47. The van der Waals surface area contributed by atoms with Crippen molar-refractivity contribution >= 4 is 5.91 Å². The Hall–Kier alpha value is -1.49. The van der Waals surface area contributed by atoms with Crippen molar-refractivity contribution in [2.75, 3.05) is 19.6 Å². The minimum absolute atomic E-state index is 0.211. The van der Waals surface area contributed by atoms with E-state index < -0.39 is 17.5 Å². The smallest absolute Gasteiger partial charge is 0.254 e. The Labute approximate surface area is 111 Å². The van der Waals surface area contributed by atoms with Crippen LogP contribution in [0.4, 0.5) is 8.78 Å². The summed E-state index contributed by atoms with van der Waals surface area (Å²) >= 11 is 0. The van der Waals surface area contributed by atoms with Crippen LogP contribution in [0, 0.1) is 11.6 Å². The van der Waals surface area contributed by atoms with Gasteiger partial charge in [-0.15, -0.1) is 0 Å². The third-order valence-corrected chi connectivity index (χ3v) is 3.50. The van der Waals surface area contributed by atoms with Crippen molar-refractivity contribution in [1.82, 2.24) is 10.2 Å². The number of halogens is 2. The molecule has 1 aromatic rings. The minimum Gasteiger partial charge on any atom is -0.350 e. The van der Waals surface area contributed by atoms with E-state index in [1.165, 1.54) is 12.8 Å². The zero-order valence-electron chi connectivity index (χ0n) is 11.0. The first-order chi connectivity index (χ1) is 9.08. The molecule has 1 amide bonds. The van der Waals surface area contributed by atoms with Crippen molar-refractivity contribution in [3.63, 3.8) is 0 Å². The van der Waals surface area contributed by atoms with E-state index in [-0.39, 0.29) is 11.6 Å². The van der Waals surface area contributed by atoms with Gasteiger partial charge in [-0.1, -0.05) is 0 Å². The second-order valence-electron chi connectivity index (χ2n) is 4.93. The maximum absolute atomic E-state index is 13.4. The second-order valence-corrected chi connectivity index (χ2v) is 4.93. The largest absolute Gasteiger partial charge is 0.350 e. The molecule has 1 atom stereocenters. The molecule has 0 unspecified atom stereocenters. The molecule has 0 aromatic heterocycles. The SMILES string of the molecule is C[C@@H](CNC(=O)c1cc(F)ccc1F)N1CCCC1. The molecule has 0 spiro atoms. The lowest BCUT2D eigenvalue weighted by Crippen LogP contribution is -2.40. The molecule has 1 aromatic carbocycles. The molecule has 0 saturated carbocycles. The number of benzene rings is 1. The summed E-state index contributed by atoms with van der Waals surface area (Å²) < 4.78 is 26.4. The molecule has 3 nitrogen and oxygen atoms in total. The molecule has 1 N–H and O–H groups in total. The van der Waals surface area contributed by atoms with Gasteiger partial charge in [-0.25, -0.2) is 8.78 Å². The first-order valence-electron chi connectivity index (χ1n) is 6.55. The number of nitrogens with one attached hydrogen (secondary N) is 1. The highest BCUT2D eigenvalue weighted by Crippen LogP contribution is 2.12. The van der Waals surface area contributed by atoms with Crippen molar-refractivity contribution in [2.45, 2.75) is 25.8 Å². The summed E-state index contributed by atoms with van der Waals surface area (Å²) in [6.45, 7) is 4.53. The molecule has 1 aliphatic heterocycles. The first kappa shape index (κ1) is 13.9. The van der Waals surface area contributed by atoms with Gasteiger partial charge in [-0.3, -0.25) is 9.69 Å². The van der Waals surface area contributed by atoms with E-state index >= 15 is 0 Å². The van der Waals surface area contributed by atoms with E-state index in [4.69, 9.17) is 0 Å². The van der Waals surface area contributed by atoms with Crippen LogP contribution >= 0.6 is 0 Å². The lowest BCUT2D eigenvalue weighted by Gasteiger charge is -2.23. The highest BCUT2D eigenvalue weighted by molar-refractivity contribution is 5.94. The van der Waals surface area contributed by atoms with Gasteiger partial charge in [0.15, 0.2) is 0 Å². The summed E-state index contributed by atoms with van der Waals surface area (Å²) in [7, 11) is 0. The van der Waals surface area contributed by atoms with E-state index in [2.05, 4.69) is 10.2 Å². The van der Waals surface area contributed by atoms with E-state index in [9.17, 15) is 13.6 Å². The van der Waals surface area contributed by atoms with Gasteiger partial charge in [-0.2, -0.15) is 0 Å². The van der Waals surface area contributed by atoms with Gasteiger partial charge >= 0.3 is 0 Å². The quantitative estimate of drug-likeness (QED) is 0.907. The predicted molar refractivity (Wildman–Crippen MR) is 69.0 cm³/mol. The fraction of sp³-hybridized carbons (Fsp3) is 0.500. The van der Waals surface area contributed by atoms with Crippen LogP contribution in [0.2, 0.25) is 0 Å². The number of hydrogen-bond donors (Lipinski definition) is 1. The van der Waals surface area contributed by atoms with Crippen LogP contribution in [0.3, 0.4) is 0 Å². The number of amides is 1. The van der Waals surface area contributed by atoms with E-state index in [1.54, 1.807) is 0 Å². The average molecular weight is 268 g/mol. The summed E-state index contributed by atoms with van der Waals surface area (Å²) in [5.74, 6) is -1.88. The molecule has 1 saturated heterocycles. The van der Waals surface area contributed by atoms with Gasteiger partial charge in [-0.05, 0) is 51.1 Å². The molecule has 0 aliphatic carbocycles. The molecule has 19 heavy (non-hydrogen) atoms. The van der Waals surface area contributed by atoms with Crippen molar-refractivity contribution in [1.29, 1.82) is 0 Å². The lowest BCUT2D eigenvalue weighted by atomic mass is 10.2. The van der Waals surface area contributed by atoms with Crippen LogP contribution in [0.1, 0.15) is 30.1 Å². The molecule has 1 aliphatic rings. The lowest BCUT2D eigenvalue weighted by molar-refractivity contribution is 0.0936. The number of likely N-dealkylation sites (tertiary alicyclic amines) is 1. The summed E-state index contributed by atoms with van der Waals surface area (Å²) in [6.07, 6.45) is 2.35. The van der Waals surface area contributed by atoms with Crippen molar-refractivity contribution in [3.05, 3.63) is 35.4 Å². The average Bonchev–Trinajstić information content (AvgIpc) is 2.92. The molecule has 0 radical (unpaired) electrons. The number of carbonyl (C=O) groups excluding carboxylic acids is 1.